The van der Waals surface area contributed by atoms with Gasteiger partial charge >= 0.3 is 12.3 Å². The number of halogens is 3. The van der Waals surface area contributed by atoms with Crippen molar-refractivity contribution in [3.8, 4) is 11.4 Å². The van der Waals surface area contributed by atoms with Gasteiger partial charge in [0.1, 0.15) is 5.75 Å². The molecule has 0 bridgehead atoms. The molecule has 2 N–H and O–H groups in total. The predicted molar refractivity (Wildman–Crippen MR) is 130 cm³/mol. The number of aromatic nitrogens is 2. The van der Waals surface area contributed by atoms with Crippen LogP contribution in [-0.4, -0.2) is 39.7 Å². The Kier molecular flexibility index (Phi) is 8.15. The fourth-order valence-electron chi connectivity index (χ4n) is 4.59. The number of carbonyl (C=O) groups excluding carboxylic acids is 1. The second-order valence-electron chi connectivity index (χ2n) is 9.13. The number of hydrogen-bond donors (Lipinski definition) is 2. The van der Waals surface area contributed by atoms with Crippen molar-refractivity contribution in [2.45, 2.75) is 57.2 Å². The second kappa shape index (κ2) is 11.5. The highest BCUT2D eigenvalue weighted by Crippen LogP contribution is 2.35. The fraction of sp³-hybridized carbons (Fsp3) is 0.370. The van der Waals surface area contributed by atoms with Crippen molar-refractivity contribution < 1.29 is 32.6 Å². The maximum Gasteiger partial charge on any atom is 0.573 e. The number of rotatable bonds is 9. The van der Waals surface area contributed by atoms with Crippen LogP contribution in [0.5, 0.6) is 5.75 Å². The minimum absolute atomic E-state index is 0.0587. The van der Waals surface area contributed by atoms with Crippen LogP contribution in [0.15, 0.2) is 54.7 Å². The molecular formula is C27H28F3N3O4. The average Bonchev–Trinajstić information content (AvgIpc) is 3.28. The van der Waals surface area contributed by atoms with Gasteiger partial charge in [0.2, 0.25) is 0 Å². The number of ether oxygens (including phenoxy) is 1. The zero-order chi connectivity index (χ0) is 26.4. The summed E-state index contributed by atoms with van der Waals surface area (Å²) >= 11 is 0. The molecule has 0 atom stereocenters. The zero-order valence-corrected chi connectivity index (χ0v) is 20.1. The summed E-state index contributed by atoms with van der Waals surface area (Å²) in [7, 11) is 0. The van der Waals surface area contributed by atoms with Gasteiger partial charge in [-0.3, -0.25) is 9.59 Å². The summed E-state index contributed by atoms with van der Waals surface area (Å²) in [6, 6.07) is 12.7. The van der Waals surface area contributed by atoms with Crippen LogP contribution in [0.25, 0.3) is 5.69 Å². The van der Waals surface area contributed by atoms with E-state index in [1.807, 2.05) is 18.3 Å². The molecule has 1 aliphatic rings. The smallest absolute Gasteiger partial charge is 0.481 e. The van der Waals surface area contributed by atoms with E-state index >= 15 is 0 Å². The van der Waals surface area contributed by atoms with Crippen molar-refractivity contribution in [3.63, 3.8) is 0 Å². The first kappa shape index (κ1) is 26.2. The van der Waals surface area contributed by atoms with E-state index in [9.17, 15) is 22.8 Å². The molecule has 1 fully saturated rings. The summed E-state index contributed by atoms with van der Waals surface area (Å²) in [6.45, 7) is 0.0587. The van der Waals surface area contributed by atoms with Crippen molar-refractivity contribution >= 4 is 11.9 Å². The normalized spacial score (nSPS) is 14.4. The Morgan fingerprint density at radius 3 is 2.32 bits per heavy atom. The van der Waals surface area contributed by atoms with Gasteiger partial charge in [0, 0.05) is 30.6 Å². The topological polar surface area (TPSA) is 93.5 Å². The first-order valence-electron chi connectivity index (χ1n) is 12.2. The highest BCUT2D eigenvalue weighted by Gasteiger charge is 2.31. The first-order valence-corrected chi connectivity index (χ1v) is 12.2. The van der Waals surface area contributed by atoms with Crippen LogP contribution in [0, 0.1) is 0 Å². The molecular weight excluding hydrogens is 487 g/mol. The lowest BCUT2D eigenvalue weighted by Gasteiger charge is -2.21. The van der Waals surface area contributed by atoms with Crippen molar-refractivity contribution in [1.29, 1.82) is 0 Å². The molecule has 1 saturated carbocycles. The van der Waals surface area contributed by atoms with Crippen molar-refractivity contribution in [2.75, 3.05) is 6.54 Å². The van der Waals surface area contributed by atoms with E-state index in [0.717, 1.165) is 42.5 Å². The molecule has 37 heavy (non-hydrogen) atoms. The molecule has 196 valence electrons. The van der Waals surface area contributed by atoms with Gasteiger partial charge in [-0.2, -0.15) is 5.10 Å². The number of carboxylic acids is 1. The van der Waals surface area contributed by atoms with Gasteiger partial charge in [0.05, 0.1) is 17.8 Å². The van der Waals surface area contributed by atoms with Crippen LogP contribution in [0.3, 0.4) is 0 Å². The first-order chi connectivity index (χ1) is 17.7. The van der Waals surface area contributed by atoms with Gasteiger partial charge in [-0.05, 0) is 60.4 Å². The third-order valence-electron chi connectivity index (χ3n) is 6.38. The molecule has 4 rings (SSSR count). The van der Waals surface area contributed by atoms with Gasteiger partial charge < -0.3 is 15.2 Å². The maximum absolute atomic E-state index is 12.5. The Balaban J connectivity index is 1.52. The monoisotopic (exact) mass is 515 g/mol. The number of carboxylic acid groups (broad SMARTS) is 1. The van der Waals surface area contributed by atoms with E-state index in [0.29, 0.717) is 23.6 Å². The largest absolute Gasteiger partial charge is 0.573 e. The molecule has 1 amide bonds. The fourth-order valence-corrected chi connectivity index (χ4v) is 4.59. The Labute approximate surface area is 212 Å². The molecule has 7 nitrogen and oxygen atoms in total. The summed E-state index contributed by atoms with van der Waals surface area (Å²) in [5, 5.41) is 16.1. The quantitative estimate of drug-likeness (QED) is 0.386. The molecule has 2 aromatic carbocycles. The van der Waals surface area contributed by atoms with Crippen LogP contribution in [0.1, 0.15) is 71.6 Å². The lowest BCUT2D eigenvalue weighted by molar-refractivity contribution is -0.274. The summed E-state index contributed by atoms with van der Waals surface area (Å²) in [6.07, 6.45) is 3.15. The van der Waals surface area contributed by atoms with Crippen molar-refractivity contribution in [1.82, 2.24) is 15.1 Å². The van der Waals surface area contributed by atoms with Crippen LogP contribution >= 0.6 is 0 Å². The standard InChI is InChI=1S/C27H28F3N3O4/c28-27(29,30)37-23-12-10-22(11-13-23)33-17-21(25(32-33)19-4-2-1-3-5-19)16-18-6-8-20(9-7-18)26(36)31-15-14-24(34)35/h6-13,17,19H,1-5,14-16H2,(H,31,36)(H,34,35). The number of amides is 1. The Hall–Kier alpha value is -3.82. The second-order valence-corrected chi connectivity index (χ2v) is 9.13. The van der Waals surface area contributed by atoms with E-state index in [2.05, 4.69) is 10.1 Å². The van der Waals surface area contributed by atoms with Crippen LogP contribution in [-0.2, 0) is 11.2 Å². The maximum atomic E-state index is 12.5. The van der Waals surface area contributed by atoms with E-state index in [1.165, 1.54) is 18.6 Å². The molecule has 1 aliphatic carbocycles. The number of hydrogen-bond acceptors (Lipinski definition) is 4. The summed E-state index contributed by atoms with van der Waals surface area (Å²) in [4.78, 5) is 22.9. The van der Waals surface area contributed by atoms with Gasteiger partial charge in [-0.1, -0.05) is 31.4 Å². The number of nitrogens with zero attached hydrogens (tertiary/aromatic N) is 2. The Bertz CT molecular complexity index is 1220. The predicted octanol–water partition coefficient (Wildman–Crippen LogP) is 5.61. The SMILES string of the molecule is O=C(O)CCNC(=O)c1ccc(Cc2cn(-c3ccc(OC(F)(F)F)cc3)nc2C2CCCCC2)cc1. The molecule has 0 aliphatic heterocycles. The van der Waals surface area contributed by atoms with E-state index in [4.69, 9.17) is 10.2 Å². The molecule has 1 aromatic heterocycles. The molecule has 10 heteroatoms. The average molecular weight is 516 g/mol. The zero-order valence-electron chi connectivity index (χ0n) is 20.1. The summed E-state index contributed by atoms with van der Waals surface area (Å²) in [5.74, 6) is -1.28. The van der Waals surface area contributed by atoms with E-state index < -0.39 is 12.3 Å². The van der Waals surface area contributed by atoms with Crippen molar-refractivity contribution in [2.24, 2.45) is 0 Å². The summed E-state index contributed by atoms with van der Waals surface area (Å²) < 4.78 is 43.2. The highest BCUT2D eigenvalue weighted by atomic mass is 19.4. The number of carbonyl (C=O) groups is 2. The molecule has 3 aromatic rings. The summed E-state index contributed by atoms with van der Waals surface area (Å²) in [5.41, 5.74) is 4.07. The van der Waals surface area contributed by atoms with Gasteiger partial charge in [-0.25, -0.2) is 4.68 Å². The minimum atomic E-state index is -4.75. The molecule has 0 unspecified atom stereocenters. The van der Waals surface area contributed by atoms with Gasteiger partial charge in [-0.15, -0.1) is 13.2 Å². The van der Waals surface area contributed by atoms with E-state index in [-0.39, 0.29) is 24.6 Å². The Morgan fingerprint density at radius 1 is 1.03 bits per heavy atom. The van der Waals surface area contributed by atoms with Gasteiger partial charge in [0.25, 0.3) is 5.91 Å². The molecule has 0 spiro atoms. The molecule has 0 radical (unpaired) electrons. The third kappa shape index (κ3) is 7.34. The Morgan fingerprint density at radius 2 is 1.70 bits per heavy atom. The molecule has 0 saturated heterocycles. The lowest BCUT2D eigenvalue weighted by Crippen LogP contribution is -2.25. The number of nitrogens with one attached hydrogen (secondary N) is 1. The number of alkyl halides is 3. The lowest BCUT2D eigenvalue weighted by atomic mass is 9.85. The number of benzene rings is 2. The van der Waals surface area contributed by atoms with Crippen molar-refractivity contribution in [3.05, 3.63) is 77.1 Å². The van der Waals surface area contributed by atoms with Crippen LogP contribution < -0.4 is 10.1 Å². The van der Waals surface area contributed by atoms with Crippen LogP contribution in [0.2, 0.25) is 0 Å². The molecule has 1 heterocycles. The van der Waals surface area contributed by atoms with E-state index in [1.54, 1.807) is 28.9 Å². The van der Waals surface area contributed by atoms with Gasteiger partial charge in [0.15, 0.2) is 0 Å². The third-order valence-corrected chi connectivity index (χ3v) is 6.38. The number of aliphatic carboxylic acids is 1. The minimum Gasteiger partial charge on any atom is -0.481 e. The van der Waals surface area contributed by atoms with Crippen LogP contribution in [0.4, 0.5) is 13.2 Å². The highest BCUT2D eigenvalue weighted by molar-refractivity contribution is 5.94.